The summed E-state index contributed by atoms with van der Waals surface area (Å²) >= 11 is 0. The normalized spacial score (nSPS) is 16.7. The first-order chi connectivity index (χ1) is 7.66. The highest BCUT2D eigenvalue weighted by atomic mass is 16.1. The minimum atomic E-state index is 0.336. The summed E-state index contributed by atoms with van der Waals surface area (Å²) in [5.41, 5.74) is 1.31. The fraction of sp³-hybridized carbons (Fsp3) is 0.583. The fourth-order valence-electron chi connectivity index (χ4n) is 1.96. The quantitative estimate of drug-likeness (QED) is 0.731. The predicted molar refractivity (Wildman–Crippen MR) is 61.1 cm³/mol. The lowest BCUT2D eigenvalue weighted by molar-refractivity contribution is -0.118. The first kappa shape index (κ1) is 11.0. The summed E-state index contributed by atoms with van der Waals surface area (Å²) in [6, 6.07) is 0.336. The van der Waals surface area contributed by atoms with Crippen molar-refractivity contribution in [2.45, 2.75) is 45.6 Å². The Kier molecular flexibility index (Phi) is 3.17. The van der Waals surface area contributed by atoms with Gasteiger partial charge in [-0.3, -0.25) is 4.79 Å². The van der Waals surface area contributed by atoms with Gasteiger partial charge in [-0.15, -0.1) is 0 Å². The molecule has 86 valence electrons. The third-order valence-corrected chi connectivity index (χ3v) is 2.86. The van der Waals surface area contributed by atoms with Crippen molar-refractivity contribution in [3.05, 3.63) is 23.8 Å². The van der Waals surface area contributed by atoms with Crippen LogP contribution in [0.15, 0.2) is 18.0 Å². The van der Waals surface area contributed by atoms with E-state index in [2.05, 4.69) is 23.9 Å². The van der Waals surface area contributed by atoms with E-state index in [-0.39, 0.29) is 0 Å². The molecule has 0 amide bonds. The second-order valence-electron chi connectivity index (χ2n) is 4.50. The van der Waals surface area contributed by atoms with Crippen molar-refractivity contribution in [3.8, 4) is 0 Å². The third kappa shape index (κ3) is 2.38. The Labute approximate surface area is 95.4 Å². The summed E-state index contributed by atoms with van der Waals surface area (Å²) in [5, 5.41) is 4.21. The zero-order chi connectivity index (χ0) is 11.5. The molecule has 0 saturated carbocycles. The molecule has 0 aromatic carbocycles. The smallest absolute Gasteiger partial charge is 0.138 e. The number of hydrogen-bond donors (Lipinski definition) is 0. The van der Waals surface area contributed by atoms with Crippen LogP contribution >= 0.6 is 0 Å². The van der Waals surface area contributed by atoms with Crippen LogP contribution in [0.3, 0.4) is 0 Å². The molecule has 0 unspecified atom stereocenters. The molecule has 0 N–H and O–H groups in total. The Morgan fingerprint density at radius 2 is 2.25 bits per heavy atom. The average Bonchev–Trinajstić information content (AvgIpc) is 2.69. The van der Waals surface area contributed by atoms with Gasteiger partial charge < -0.3 is 0 Å². The SMILES string of the molecule is CC(C)n1ncnc1CC1=CCC(=O)CC1. The highest BCUT2D eigenvalue weighted by Crippen LogP contribution is 2.19. The Hall–Kier alpha value is -1.45. The summed E-state index contributed by atoms with van der Waals surface area (Å²) in [4.78, 5) is 15.4. The molecule has 0 atom stereocenters. The highest BCUT2D eigenvalue weighted by Gasteiger charge is 2.14. The van der Waals surface area contributed by atoms with Gasteiger partial charge in [0.05, 0.1) is 0 Å². The van der Waals surface area contributed by atoms with E-state index < -0.39 is 0 Å². The number of aromatic nitrogens is 3. The van der Waals surface area contributed by atoms with Gasteiger partial charge >= 0.3 is 0 Å². The molecule has 0 radical (unpaired) electrons. The van der Waals surface area contributed by atoms with Crippen LogP contribution in [0.5, 0.6) is 0 Å². The number of nitrogens with zero attached hydrogens (tertiary/aromatic N) is 3. The fourth-order valence-corrected chi connectivity index (χ4v) is 1.96. The summed E-state index contributed by atoms with van der Waals surface area (Å²) in [5.74, 6) is 1.34. The molecule has 2 rings (SSSR count). The van der Waals surface area contributed by atoms with Crippen molar-refractivity contribution in [2.75, 3.05) is 0 Å². The monoisotopic (exact) mass is 219 g/mol. The number of carbonyl (C=O) groups excluding carboxylic acids is 1. The van der Waals surface area contributed by atoms with Crippen LogP contribution in [0.25, 0.3) is 0 Å². The van der Waals surface area contributed by atoms with Crippen molar-refractivity contribution < 1.29 is 4.79 Å². The minimum absolute atomic E-state index is 0.336. The van der Waals surface area contributed by atoms with Crippen LogP contribution in [0, 0.1) is 0 Å². The second-order valence-corrected chi connectivity index (χ2v) is 4.50. The van der Waals surface area contributed by atoms with E-state index in [1.165, 1.54) is 5.57 Å². The number of carbonyl (C=O) groups is 1. The van der Waals surface area contributed by atoms with Crippen molar-refractivity contribution >= 4 is 5.78 Å². The maximum absolute atomic E-state index is 11.1. The van der Waals surface area contributed by atoms with E-state index in [1.807, 2.05) is 10.8 Å². The molecule has 16 heavy (non-hydrogen) atoms. The minimum Gasteiger partial charge on any atom is -0.299 e. The van der Waals surface area contributed by atoms with Gasteiger partial charge in [-0.05, 0) is 20.3 Å². The van der Waals surface area contributed by atoms with Crippen LogP contribution in [-0.2, 0) is 11.2 Å². The largest absolute Gasteiger partial charge is 0.299 e. The number of allylic oxidation sites excluding steroid dienone is 2. The van der Waals surface area contributed by atoms with Gasteiger partial charge in [0.25, 0.3) is 0 Å². The van der Waals surface area contributed by atoms with E-state index >= 15 is 0 Å². The number of ketones is 1. The molecule has 1 heterocycles. The van der Waals surface area contributed by atoms with Gasteiger partial charge in [-0.2, -0.15) is 5.10 Å². The standard InChI is InChI=1S/C12H17N3O/c1-9(2)15-12(13-8-14-15)7-10-3-5-11(16)6-4-10/h3,8-9H,4-7H2,1-2H3. The molecule has 0 aliphatic heterocycles. The molecule has 1 aliphatic carbocycles. The summed E-state index contributed by atoms with van der Waals surface area (Å²) in [7, 11) is 0. The van der Waals surface area contributed by atoms with E-state index in [0.717, 1.165) is 18.7 Å². The van der Waals surface area contributed by atoms with Crippen molar-refractivity contribution in [2.24, 2.45) is 0 Å². The number of hydrogen-bond acceptors (Lipinski definition) is 3. The molecule has 0 fully saturated rings. The zero-order valence-electron chi connectivity index (χ0n) is 9.81. The number of Topliss-reactive ketones (excluding diaryl/α,β-unsaturated/α-hetero) is 1. The molecule has 4 heteroatoms. The predicted octanol–water partition coefficient (Wildman–Crippen LogP) is 2.08. The van der Waals surface area contributed by atoms with E-state index in [1.54, 1.807) is 6.33 Å². The van der Waals surface area contributed by atoms with Crippen molar-refractivity contribution in [1.29, 1.82) is 0 Å². The van der Waals surface area contributed by atoms with E-state index in [4.69, 9.17) is 0 Å². The van der Waals surface area contributed by atoms with Gasteiger partial charge in [0, 0.05) is 25.3 Å². The molecule has 0 saturated heterocycles. The zero-order valence-corrected chi connectivity index (χ0v) is 9.81. The second kappa shape index (κ2) is 4.60. The Bertz CT molecular complexity index is 418. The Morgan fingerprint density at radius 3 is 2.88 bits per heavy atom. The van der Waals surface area contributed by atoms with Gasteiger partial charge in [-0.25, -0.2) is 9.67 Å². The van der Waals surface area contributed by atoms with E-state index in [0.29, 0.717) is 24.7 Å². The van der Waals surface area contributed by atoms with E-state index in [9.17, 15) is 4.79 Å². The van der Waals surface area contributed by atoms with Gasteiger partial charge in [-0.1, -0.05) is 11.6 Å². The molecular weight excluding hydrogens is 202 g/mol. The third-order valence-electron chi connectivity index (χ3n) is 2.86. The maximum Gasteiger partial charge on any atom is 0.138 e. The van der Waals surface area contributed by atoms with Crippen LogP contribution in [-0.4, -0.2) is 20.5 Å². The lowest BCUT2D eigenvalue weighted by atomic mass is 9.96. The highest BCUT2D eigenvalue weighted by molar-refractivity contribution is 5.81. The summed E-state index contributed by atoms with van der Waals surface area (Å²) < 4.78 is 1.94. The van der Waals surface area contributed by atoms with Crippen molar-refractivity contribution in [3.63, 3.8) is 0 Å². The molecule has 1 aromatic rings. The van der Waals surface area contributed by atoms with Gasteiger partial charge in [0.2, 0.25) is 0 Å². The summed E-state index contributed by atoms with van der Waals surface area (Å²) in [6.45, 7) is 4.19. The van der Waals surface area contributed by atoms with Crippen LogP contribution in [0.4, 0.5) is 0 Å². The van der Waals surface area contributed by atoms with Crippen LogP contribution in [0.2, 0.25) is 0 Å². The van der Waals surface area contributed by atoms with Gasteiger partial charge in [0.15, 0.2) is 0 Å². The lowest BCUT2D eigenvalue weighted by Gasteiger charge is -2.13. The molecule has 4 nitrogen and oxygen atoms in total. The Morgan fingerprint density at radius 1 is 1.44 bits per heavy atom. The first-order valence-electron chi connectivity index (χ1n) is 5.75. The maximum atomic E-state index is 11.1. The molecule has 1 aromatic heterocycles. The molecule has 0 bridgehead atoms. The first-order valence-corrected chi connectivity index (χ1v) is 5.75. The lowest BCUT2D eigenvalue weighted by Crippen LogP contribution is -2.11. The van der Waals surface area contributed by atoms with Crippen molar-refractivity contribution in [1.82, 2.24) is 14.8 Å². The molecule has 1 aliphatic rings. The topological polar surface area (TPSA) is 47.8 Å². The Balaban J connectivity index is 2.09. The summed E-state index contributed by atoms with van der Waals surface area (Å²) in [6.07, 6.45) is 6.62. The average molecular weight is 219 g/mol. The number of rotatable bonds is 3. The van der Waals surface area contributed by atoms with Gasteiger partial charge in [0.1, 0.15) is 17.9 Å². The van der Waals surface area contributed by atoms with Crippen LogP contribution in [0.1, 0.15) is 45.0 Å². The molecular formula is C12H17N3O. The molecule has 0 spiro atoms. The van der Waals surface area contributed by atoms with Crippen LogP contribution < -0.4 is 0 Å².